The highest BCUT2D eigenvalue weighted by atomic mass is 16.6. The maximum Gasteiger partial charge on any atom is 0.274 e. The second-order valence-electron chi connectivity index (χ2n) is 3.39. The van der Waals surface area contributed by atoms with Crippen LogP contribution in [0.1, 0.15) is 12.0 Å². The highest BCUT2D eigenvalue weighted by Crippen LogP contribution is 2.18. The number of carbonyl (C=O) groups is 1. The fourth-order valence-electron chi connectivity index (χ4n) is 1.26. The summed E-state index contributed by atoms with van der Waals surface area (Å²) >= 11 is 0. The van der Waals surface area contributed by atoms with Crippen molar-refractivity contribution in [2.75, 3.05) is 13.2 Å². The Hall–Kier alpha value is -1.79. The van der Waals surface area contributed by atoms with E-state index in [0.29, 0.717) is 5.56 Å². The van der Waals surface area contributed by atoms with Crippen molar-refractivity contribution < 1.29 is 19.6 Å². The molecule has 0 fully saturated rings. The quantitative estimate of drug-likeness (QED) is 0.436. The molecule has 0 atom stereocenters. The topological polar surface area (TPSA) is 89.7 Å². The highest BCUT2D eigenvalue weighted by molar-refractivity contribution is 5.79. The first-order valence-electron chi connectivity index (χ1n) is 5.07. The van der Waals surface area contributed by atoms with E-state index in [1.807, 2.05) is 0 Å². The summed E-state index contributed by atoms with van der Waals surface area (Å²) in [5.41, 5.74) is 0.468. The number of benzene rings is 1. The van der Waals surface area contributed by atoms with Gasteiger partial charge in [-0.15, -0.1) is 0 Å². The van der Waals surface area contributed by atoms with Gasteiger partial charge in [-0.2, -0.15) is 0 Å². The standard InChI is InChI=1S/C11H13NO5/c13-7-10(14)5-6-17-8-9-3-1-2-4-11(9)12(15)16/h1-4,13H,5-8H2. The van der Waals surface area contributed by atoms with Crippen LogP contribution >= 0.6 is 0 Å². The van der Waals surface area contributed by atoms with Crippen LogP contribution in [-0.2, 0) is 16.1 Å². The zero-order chi connectivity index (χ0) is 12.7. The maximum atomic E-state index is 10.8. The van der Waals surface area contributed by atoms with Crippen LogP contribution < -0.4 is 0 Å². The van der Waals surface area contributed by atoms with Gasteiger partial charge < -0.3 is 9.84 Å². The predicted octanol–water partition coefficient (Wildman–Crippen LogP) is 1.06. The molecule has 0 saturated heterocycles. The second kappa shape index (κ2) is 6.72. The van der Waals surface area contributed by atoms with Gasteiger partial charge in [0.15, 0.2) is 5.78 Å². The fraction of sp³-hybridized carbons (Fsp3) is 0.364. The first kappa shape index (κ1) is 13.3. The minimum atomic E-state index is -0.505. The third-order valence-corrected chi connectivity index (χ3v) is 2.15. The molecule has 0 bridgehead atoms. The average Bonchev–Trinajstić information content (AvgIpc) is 2.34. The van der Waals surface area contributed by atoms with Crippen LogP contribution in [0.4, 0.5) is 5.69 Å². The number of hydrogen-bond acceptors (Lipinski definition) is 5. The van der Waals surface area contributed by atoms with Gasteiger partial charge in [-0.05, 0) is 6.07 Å². The molecule has 1 N–H and O–H groups in total. The lowest BCUT2D eigenvalue weighted by atomic mass is 10.2. The molecule has 0 aromatic heterocycles. The summed E-state index contributed by atoms with van der Waals surface area (Å²) in [5, 5.41) is 19.1. The molecule has 92 valence electrons. The molecule has 1 aromatic carbocycles. The molecule has 0 radical (unpaired) electrons. The average molecular weight is 239 g/mol. The van der Waals surface area contributed by atoms with Crippen molar-refractivity contribution in [3.8, 4) is 0 Å². The molecule has 0 aliphatic rings. The van der Waals surface area contributed by atoms with Crippen LogP contribution in [0.3, 0.4) is 0 Å². The molecule has 6 heteroatoms. The van der Waals surface area contributed by atoms with E-state index in [1.54, 1.807) is 18.2 Å². The minimum absolute atomic E-state index is 0.000912. The lowest BCUT2D eigenvalue weighted by Crippen LogP contribution is -2.08. The molecular weight excluding hydrogens is 226 g/mol. The molecule has 0 heterocycles. The Morgan fingerprint density at radius 3 is 2.76 bits per heavy atom. The first-order chi connectivity index (χ1) is 8.15. The molecular formula is C11H13NO5. The van der Waals surface area contributed by atoms with Crippen LogP contribution in [0.25, 0.3) is 0 Å². The van der Waals surface area contributed by atoms with Crippen LogP contribution in [0.2, 0.25) is 0 Å². The van der Waals surface area contributed by atoms with Crippen molar-refractivity contribution in [1.29, 1.82) is 0 Å². The van der Waals surface area contributed by atoms with Gasteiger partial charge in [0, 0.05) is 12.5 Å². The third kappa shape index (κ3) is 4.29. The monoisotopic (exact) mass is 239 g/mol. The number of hydrogen-bond donors (Lipinski definition) is 1. The SMILES string of the molecule is O=C(CO)CCOCc1ccccc1[N+](=O)[O-]. The van der Waals surface area contributed by atoms with Gasteiger partial charge in [0.1, 0.15) is 6.61 Å². The smallest absolute Gasteiger partial charge is 0.274 e. The number of ketones is 1. The number of nitrogens with zero attached hydrogens (tertiary/aromatic N) is 1. The van der Waals surface area contributed by atoms with Gasteiger partial charge in [-0.25, -0.2) is 0 Å². The minimum Gasteiger partial charge on any atom is -0.389 e. The number of aliphatic hydroxyl groups is 1. The van der Waals surface area contributed by atoms with Crippen LogP contribution in [0.15, 0.2) is 24.3 Å². The molecule has 0 amide bonds. The number of Topliss-reactive ketones (excluding diaryl/α,β-unsaturated/α-hetero) is 1. The summed E-state index contributed by atoms with van der Waals surface area (Å²) in [4.78, 5) is 21.0. The van der Waals surface area contributed by atoms with Gasteiger partial charge >= 0.3 is 0 Å². The Kier molecular flexibility index (Phi) is 5.25. The molecule has 0 aliphatic heterocycles. The number of ether oxygens (including phenoxy) is 1. The van der Waals surface area contributed by atoms with Crippen molar-refractivity contribution in [3.05, 3.63) is 39.9 Å². The lowest BCUT2D eigenvalue weighted by molar-refractivity contribution is -0.385. The number of carbonyl (C=O) groups excluding carboxylic acids is 1. The number of rotatable bonds is 7. The highest BCUT2D eigenvalue weighted by Gasteiger charge is 2.11. The number of para-hydroxylation sites is 1. The summed E-state index contributed by atoms with van der Waals surface area (Å²) < 4.78 is 5.15. The van der Waals surface area contributed by atoms with E-state index in [1.165, 1.54) is 6.07 Å². The van der Waals surface area contributed by atoms with Gasteiger partial charge in [-0.3, -0.25) is 14.9 Å². The lowest BCUT2D eigenvalue weighted by Gasteiger charge is -2.04. The summed E-state index contributed by atoms with van der Waals surface area (Å²) in [5.74, 6) is -0.312. The normalized spacial score (nSPS) is 10.2. The first-order valence-corrected chi connectivity index (χ1v) is 5.07. The van der Waals surface area contributed by atoms with Gasteiger partial charge in [0.05, 0.1) is 23.7 Å². The maximum absolute atomic E-state index is 10.8. The largest absolute Gasteiger partial charge is 0.389 e. The van der Waals surface area contributed by atoms with Crippen LogP contribution in [0, 0.1) is 10.1 Å². The molecule has 1 aromatic rings. The Morgan fingerprint density at radius 1 is 1.41 bits per heavy atom. The predicted molar refractivity (Wildman–Crippen MR) is 59.5 cm³/mol. The van der Waals surface area contributed by atoms with Gasteiger partial charge in [0.25, 0.3) is 5.69 Å². The Morgan fingerprint density at radius 2 is 2.12 bits per heavy atom. The van der Waals surface area contributed by atoms with Crippen molar-refractivity contribution in [1.82, 2.24) is 0 Å². The van der Waals surface area contributed by atoms with E-state index in [-0.39, 0.29) is 31.1 Å². The van der Waals surface area contributed by atoms with Crippen molar-refractivity contribution in [3.63, 3.8) is 0 Å². The van der Waals surface area contributed by atoms with E-state index >= 15 is 0 Å². The number of aliphatic hydroxyl groups excluding tert-OH is 1. The second-order valence-corrected chi connectivity index (χ2v) is 3.39. The molecule has 0 spiro atoms. The Balaban J connectivity index is 2.46. The summed E-state index contributed by atoms with van der Waals surface area (Å²) in [6.45, 7) is -0.282. The molecule has 0 aliphatic carbocycles. The number of nitro groups is 1. The van der Waals surface area contributed by atoms with E-state index in [9.17, 15) is 14.9 Å². The van der Waals surface area contributed by atoms with E-state index in [2.05, 4.69) is 0 Å². The van der Waals surface area contributed by atoms with Crippen LogP contribution in [0.5, 0.6) is 0 Å². The van der Waals surface area contributed by atoms with E-state index in [4.69, 9.17) is 9.84 Å². The molecule has 6 nitrogen and oxygen atoms in total. The zero-order valence-corrected chi connectivity index (χ0v) is 9.17. The van der Waals surface area contributed by atoms with Crippen molar-refractivity contribution in [2.45, 2.75) is 13.0 Å². The summed E-state index contributed by atoms with van der Waals surface area (Å²) in [6.07, 6.45) is 0.108. The van der Waals surface area contributed by atoms with Crippen molar-refractivity contribution >= 4 is 11.5 Å². The van der Waals surface area contributed by atoms with E-state index in [0.717, 1.165) is 0 Å². The van der Waals surface area contributed by atoms with Crippen LogP contribution in [-0.4, -0.2) is 29.0 Å². The van der Waals surface area contributed by atoms with Gasteiger partial charge in [0.2, 0.25) is 0 Å². The number of nitro benzene ring substituents is 1. The molecule has 0 saturated carbocycles. The summed E-state index contributed by atoms with van der Waals surface area (Å²) in [7, 11) is 0. The van der Waals surface area contributed by atoms with Gasteiger partial charge in [-0.1, -0.05) is 12.1 Å². The molecule has 1 rings (SSSR count). The molecule has 0 unspecified atom stereocenters. The third-order valence-electron chi connectivity index (χ3n) is 2.15. The van der Waals surface area contributed by atoms with Crippen molar-refractivity contribution in [2.24, 2.45) is 0 Å². The Bertz CT molecular complexity index is 405. The zero-order valence-electron chi connectivity index (χ0n) is 9.17. The molecule has 17 heavy (non-hydrogen) atoms. The van der Waals surface area contributed by atoms with E-state index < -0.39 is 11.5 Å². The summed E-state index contributed by atoms with van der Waals surface area (Å²) in [6, 6.07) is 6.27. The fourth-order valence-corrected chi connectivity index (χ4v) is 1.26. The Labute approximate surface area is 98.0 Å².